The van der Waals surface area contributed by atoms with Crippen LogP contribution in [0.1, 0.15) is 53.7 Å². The van der Waals surface area contributed by atoms with Crippen LogP contribution in [0, 0.1) is 6.92 Å². The van der Waals surface area contributed by atoms with Crippen LogP contribution in [0.4, 0.5) is 5.69 Å². The SMILES string of the molecule is Cc1ccc(C(=O)CCC(=O)OCC(=O)Nc2ccc(C(C)(C)C)cc2)s1. The van der Waals surface area contributed by atoms with Gasteiger partial charge in [-0.05, 0) is 42.2 Å². The Morgan fingerprint density at radius 3 is 2.22 bits per heavy atom. The molecule has 0 radical (unpaired) electrons. The van der Waals surface area contributed by atoms with Gasteiger partial charge in [-0.1, -0.05) is 32.9 Å². The molecule has 2 rings (SSSR count). The summed E-state index contributed by atoms with van der Waals surface area (Å²) in [5.41, 5.74) is 1.85. The normalized spacial score (nSPS) is 11.1. The minimum atomic E-state index is -0.560. The molecule has 0 unspecified atom stereocenters. The van der Waals surface area contributed by atoms with Gasteiger partial charge < -0.3 is 10.1 Å². The van der Waals surface area contributed by atoms with Crippen molar-refractivity contribution in [2.45, 2.75) is 46.0 Å². The maximum absolute atomic E-state index is 12.0. The summed E-state index contributed by atoms with van der Waals surface area (Å²) in [6.45, 7) is 7.90. The molecule has 5 nitrogen and oxygen atoms in total. The average molecular weight is 388 g/mol. The number of amides is 1. The summed E-state index contributed by atoms with van der Waals surface area (Å²) in [4.78, 5) is 37.3. The van der Waals surface area contributed by atoms with Crippen LogP contribution in [0.25, 0.3) is 0 Å². The van der Waals surface area contributed by atoms with E-state index in [0.717, 1.165) is 10.4 Å². The van der Waals surface area contributed by atoms with Crippen molar-refractivity contribution in [1.29, 1.82) is 0 Å². The van der Waals surface area contributed by atoms with Crippen molar-refractivity contribution in [3.8, 4) is 0 Å². The third-order valence-electron chi connectivity index (χ3n) is 3.97. The fourth-order valence-corrected chi connectivity index (χ4v) is 3.23. The number of Topliss-reactive ketones (excluding diaryl/α,β-unsaturated/α-hetero) is 1. The summed E-state index contributed by atoms with van der Waals surface area (Å²) >= 11 is 1.40. The third-order valence-corrected chi connectivity index (χ3v) is 5.01. The molecule has 1 aromatic carbocycles. The van der Waals surface area contributed by atoms with Gasteiger partial charge in [0.1, 0.15) is 0 Å². The lowest BCUT2D eigenvalue weighted by Gasteiger charge is -2.19. The fourth-order valence-electron chi connectivity index (χ4n) is 2.39. The van der Waals surface area contributed by atoms with E-state index in [1.807, 2.05) is 37.3 Å². The molecule has 27 heavy (non-hydrogen) atoms. The zero-order chi connectivity index (χ0) is 20.0. The van der Waals surface area contributed by atoms with Crippen LogP contribution in [0.2, 0.25) is 0 Å². The number of anilines is 1. The lowest BCUT2D eigenvalue weighted by Crippen LogP contribution is -2.21. The van der Waals surface area contributed by atoms with E-state index < -0.39 is 11.9 Å². The minimum absolute atomic E-state index is 0.0384. The Hall–Kier alpha value is -2.47. The van der Waals surface area contributed by atoms with Crippen molar-refractivity contribution in [2.75, 3.05) is 11.9 Å². The van der Waals surface area contributed by atoms with Crippen molar-refractivity contribution >= 4 is 34.7 Å². The van der Waals surface area contributed by atoms with Crippen LogP contribution in [0.5, 0.6) is 0 Å². The lowest BCUT2D eigenvalue weighted by atomic mass is 9.87. The summed E-state index contributed by atoms with van der Waals surface area (Å²) in [5, 5.41) is 2.69. The van der Waals surface area contributed by atoms with E-state index in [1.54, 1.807) is 6.07 Å². The van der Waals surface area contributed by atoms with Gasteiger partial charge in [-0.3, -0.25) is 14.4 Å². The van der Waals surface area contributed by atoms with Gasteiger partial charge in [-0.15, -0.1) is 11.3 Å². The monoisotopic (exact) mass is 387 g/mol. The number of thiophene rings is 1. The maximum atomic E-state index is 12.0. The van der Waals surface area contributed by atoms with Gasteiger partial charge in [0.2, 0.25) is 0 Å². The maximum Gasteiger partial charge on any atom is 0.306 e. The van der Waals surface area contributed by atoms with Crippen molar-refractivity contribution in [2.24, 2.45) is 0 Å². The van der Waals surface area contributed by atoms with Crippen molar-refractivity contribution < 1.29 is 19.1 Å². The first-order chi connectivity index (χ1) is 12.6. The van der Waals surface area contributed by atoms with Crippen molar-refractivity contribution in [3.63, 3.8) is 0 Å². The largest absolute Gasteiger partial charge is 0.456 e. The van der Waals surface area contributed by atoms with Crippen LogP contribution in [0.15, 0.2) is 36.4 Å². The second-order valence-corrected chi connectivity index (χ2v) is 8.66. The first-order valence-electron chi connectivity index (χ1n) is 8.81. The molecule has 0 spiro atoms. The molecule has 0 aliphatic carbocycles. The van der Waals surface area contributed by atoms with Crippen LogP contribution in [-0.4, -0.2) is 24.3 Å². The van der Waals surface area contributed by atoms with E-state index in [4.69, 9.17) is 4.74 Å². The Kier molecular flexibility index (Phi) is 6.91. The Labute approximate surface area is 163 Å². The Morgan fingerprint density at radius 1 is 1.00 bits per heavy atom. The Bertz CT molecular complexity index is 815. The predicted octanol–water partition coefficient (Wildman–Crippen LogP) is 4.50. The summed E-state index contributed by atoms with van der Waals surface area (Å²) in [5.74, 6) is -1.06. The molecule has 1 aromatic heterocycles. The number of ether oxygens (including phenoxy) is 1. The zero-order valence-corrected chi connectivity index (χ0v) is 16.9. The van der Waals surface area contributed by atoms with E-state index in [9.17, 15) is 14.4 Å². The predicted molar refractivity (Wildman–Crippen MR) is 107 cm³/mol. The second kappa shape index (κ2) is 8.95. The number of carbonyl (C=O) groups excluding carboxylic acids is 3. The van der Waals surface area contributed by atoms with Crippen LogP contribution < -0.4 is 5.32 Å². The number of ketones is 1. The Balaban J connectivity index is 1.73. The van der Waals surface area contributed by atoms with E-state index in [2.05, 4.69) is 26.1 Å². The number of carbonyl (C=O) groups is 3. The van der Waals surface area contributed by atoms with Gasteiger partial charge in [0.05, 0.1) is 11.3 Å². The van der Waals surface area contributed by atoms with E-state index in [0.29, 0.717) is 10.6 Å². The molecule has 2 aromatic rings. The lowest BCUT2D eigenvalue weighted by molar-refractivity contribution is -0.147. The minimum Gasteiger partial charge on any atom is -0.456 e. The van der Waals surface area contributed by atoms with Crippen molar-refractivity contribution in [3.05, 3.63) is 51.7 Å². The quantitative estimate of drug-likeness (QED) is 0.561. The smallest absolute Gasteiger partial charge is 0.306 e. The fraction of sp³-hybridized carbons (Fsp3) is 0.381. The molecule has 0 atom stereocenters. The molecule has 1 N–H and O–H groups in total. The molecule has 1 heterocycles. The molecule has 0 saturated carbocycles. The summed E-state index contributed by atoms with van der Waals surface area (Å²) < 4.78 is 4.95. The van der Waals surface area contributed by atoms with E-state index in [-0.39, 0.29) is 30.6 Å². The molecular weight excluding hydrogens is 362 g/mol. The highest BCUT2D eigenvalue weighted by molar-refractivity contribution is 7.14. The number of esters is 1. The highest BCUT2D eigenvalue weighted by atomic mass is 32.1. The number of aryl methyl sites for hydroxylation is 1. The highest BCUT2D eigenvalue weighted by Gasteiger charge is 2.15. The third kappa shape index (κ3) is 6.64. The van der Waals surface area contributed by atoms with Crippen LogP contribution >= 0.6 is 11.3 Å². The molecule has 0 aliphatic rings. The van der Waals surface area contributed by atoms with Crippen LogP contribution in [0.3, 0.4) is 0 Å². The molecule has 144 valence electrons. The van der Waals surface area contributed by atoms with Gasteiger partial charge in [0, 0.05) is 17.0 Å². The molecular formula is C21H25NO4S. The highest BCUT2D eigenvalue weighted by Crippen LogP contribution is 2.23. The van der Waals surface area contributed by atoms with Gasteiger partial charge >= 0.3 is 5.97 Å². The zero-order valence-electron chi connectivity index (χ0n) is 16.1. The number of hydrogen-bond donors (Lipinski definition) is 1. The van der Waals surface area contributed by atoms with Crippen molar-refractivity contribution in [1.82, 2.24) is 0 Å². The molecule has 0 aliphatic heterocycles. The average Bonchev–Trinajstić information content (AvgIpc) is 3.04. The summed E-state index contributed by atoms with van der Waals surface area (Å²) in [6, 6.07) is 11.2. The van der Waals surface area contributed by atoms with Gasteiger partial charge in [0.15, 0.2) is 12.4 Å². The number of benzene rings is 1. The topological polar surface area (TPSA) is 72.5 Å². The molecule has 0 bridgehead atoms. The van der Waals surface area contributed by atoms with Gasteiger partial charge in [0.25, 0.3) is 5.91 Å². The molecule has 1 amide bonds. The summed E-state index contributed by atoms with van der Waals surface area (Å²) in [7, 11) is 0. The second-order valence-electron chi connectivity index (χ2n) is 7.37. The molecule has 0 saturated heterocycles. The summed E-state index contributed by atoms with van der Waals surface area (Å²) in [6.07, 6.45) is 0.0397. The van der Waals surface area contributed by atoms with Gasteiger partial charge in [-0.25, -0.2) is 0 Å². The molecule has 0 fully saturated rings. The van der Waals surface area contributed by atoms with E-state index in [1.165, 1.54) is 11.3 Å². The first kappa shape index (κ1) is 20.8. The number of hydrogen-bond acceptors (Lipinski definition) is 5. The standard InChI is InChI=1S/C21H25NO4S/c1-14-5-11-18(27-14)17(23)10-12-20(25)26-13-19(24)22-16-8-6-15(7-9-16)21(2,3)4/h5-9,11H,10,12-13H2,1-4H3,(H,22,24). The molecule has 6 heteroatoms. The Morgan fingerprint density at radius 2 is 1.67 bits per heavy atom. The van der Waals surface area contributed by atoms with Gasteiger partial charge in [-0.2, -0.15) is 0 Å². The number of rotatable bonds is 7. The van der Waals surface area contributed by atoms with Crippen LogP contribution in [-0.2, 0) is 19.7 Å². The van der Waals surface area contributed by atoms with E-state index >= 15 is 0 Å². The number of nitrogens with one attached hydrogen (secondary N) is 1. The first-order valence-corrected chi connectivity index (χ1v) is 9.62.